The topological polar surface area (TPSA) is 70.0 Å². The van der Waals surface area contributed by atoms with Crippen LogP contribution in [0.1, 0.15) is 5.56 Å². The van der Waals surface area contributed by atoms with Crippen LogP contribution in [0, 0.1) is 10.2 Å². The first-order valence-electron chi connectivity index (χ1n) is 3.33. The summed E-state index contributed by atoms with van der Waals surface area (Å²) in [6.45, 7) is -0.0683. The summed E-state index contributed by atoms with van der Waals surface area (Å²) in [5.74, 6) is 0. The van der Waals surface area contributed by atoms with Crippen molar-refractivity contribution in [1.29, 1.82) is 5.26 Å². The molecule has 0 radical (unpaired) electrons. The molecule has 0 aliphatic carbocycles. The molecule has 3 nitrogen and oxygen atoms in total. The van der Waals surface area contributed by atoms with Gasteiger partial charge in [-0.05, 0) is 0 Å². The fourth-order valence-corrected chi connectivity index (χ4v) is 1.76. The van der Waals surface area contributed by atoms with Crippen LogP contribution in [-0.4, -0.2) is 20.1 Å². The van der Waals surface area contributed by atoms with Crippen LogP contribution in [0.2, 0.25) is 0 Å². The maximum atomic E-state index is 8.86. The third-order valence-corrected chi connectivity index (χ3v) is 2.67. The van der Waals surface area contributed by atoms with Crippen molar-refractivity contribution in [2.24, 2.45) is 0 Å². The molecule has 0 aliphatic heterocycles. The molecular weight excluding hydrogens is 219 g/mol. The van der Waals surface area contributed by atoms with Crippen LogP contribution in [-0.2, 0) is 6.61 Å². The molecule has 0 saturated heterocycles. The minimum atomic E-state index is -0.169. The summed E-state index contributed by atoms with van der Waals surface area (Å²) in [4.78, 5) is 2.09. The van der Waals surface area contributed by atoms with E-state index in [-0.39, 0.29) is 21.6 Å². The molecule has 12 heavy (non-hydrogen) atoms. The quantitative estimate of drug-likeness (QED) is 0.532. The summed E-state index contributed by atoms with van der Waals surface area (Å²) >= 11 is -0.169. The molecule has 62 valence electrons. The van der Waals surface area contributed by atoms with E-state index in [4.69, 9.17) is 16.1 Å². The molecule has 0 saturated carbocycles. The Kier molecular flexibility index (Phi) is 3.12. The molecule has 0 spiro atoms. The van der Waals surface area contributed by atoms with E-state index in [1.807, 2.05) is 6.07 Å². The molecule has 0 heterocycles. The number of nitrogens with zero attached hydrogens (tertiary/aromatic N) is 1. The van der Waals surface area contributed by atoms with Gasteiger partial charge in [0.25, 0.3) is 0 Å². The van der Waals surface area contributed by atoms with Gasteiger partial charge in [0.15, 0.2) is 0 Å². The van der Waals surface area contributed by atoms with Gasteiger partial charge >= 0.3 is 76.5 Å². The van der Waals surface area contributed by atoms with Gasteiger partial charge in [0.05, 0.1) is 0 Å². The van der Waals surface area contributed by atoms with Gasteiger partial charge in [-0.3, -0.25) is 0 Å². The number of anilines is 1. The van der Waals surface area contributed by atoms with Gasteiger partial charge in [-0.1, -0.05) is 0 Å². The van der Waals surface area contributed by atoms with Crippen molar-refractivity contribution in [1.82, 2.24) is 0 Å². The van der Waals surface area contributed by atoms with E-state index in [0.29, 0.717) is 11.3 Å². The van der Waals surface area contributed by atoms with Gasteiger partial charge in [0.1, 0.15) is 0 Å². The van der Waals surface area contributed by atoms with E-state index in [0.717, 1.165) is 4.46 Å². The summed E-state index contributed by atoms with van der Waals surface area (Å²) in [6.07, 6.45) is 0. The van der Waals surface area contributed by atoms with E-state index in [9.17, 15) is 0 Å². The monoisotopic (exact) mass is 228 g/mol. The Hall–Kier alpha value is -1.01. The predicted octanol–water partition coefficient (Wildman–Crippen LogP) is -0.428. The first-order valence-corrected chi connectivity index (χ1v) is 5.04. The van der Waals surface area contributed by atoms with E-state index >= 15 is 0 Å². The van der Waals surface area contributed by atoms with Crippen LogP contribution in [0.4, 0.5) is 5.69 Å². The molecule has 0 aliphatic rings. The van der Waals surface area contributed by atoms with Crippen molar-refractivity contribution in [3.63, 3.8) is 0 Å². The Morgan fingerprint density at radius 2 is 2.33 bits per heavy atom. The molecule has 1 aromatic rings. The average Bonchev–Trinajstić information content (AvgIpc) is 2.09. The van der Waals surface area contributed by atoms with Crippen molar-refractivity contribution in [3.05, 3.63) is 23.8 Å². The van der Waals surface area contributed by atoms with Crippen molar-refractivity contribution >= 4 is 25.1 Å². The molecule has 1 rings (SSSR count). The van der Waals surface area contributed by atoms with Gasteiger partial charge < -0.3 is 0 Å². The number of nitrogen functional groups attached to an aromatic ring is 1. The molecular formula is C8H8N2OSe. The maximum absolute atomic E-state index is 8.86. The molecule has 3 N–H and O–H groups in total. The number of aliphatic hydroxyl groups excluding tert-OH is 1. The summed E-state index contributed by atoms with van der Waals surface area (Å²) in [5.41, 5.74) is 6.84. The summed E-state index contributed by atoms with van der Waals surface area (Å²) in [5, 5.41) is 17.3. The number of aliphatic hydroxyl groups is 1. The third kappa shape index (κ3) is 1.99. The normalized spacial score (nSPS) is 9.33. The summed E-state index contributed by atoms with van der Waals surface area (Å²) < 4.78 is 0.947. The van der Waals surface area contributed by atoms with Crippen LogP contribution < -0.4 is 10.2 Å². The fourth-order valence-electron chi connectivity index (χ4n) is 0.835. The zero-order valence-corrected chi connectivity index (χ0v) is 8.03. The Bertz CT molecular complexity index is 319. The van der Waals surface area contributed by atoms with Crippen molar-refractivity contribution < 1.29 is 5.11 Å². The van der Waals surface area contributed by atoms with E-state index in [2.05, 4.69) is 4.97 Å². The zero-order valence-electron chi connectivity index (χ0n) is 6.32. The Morgan fingerprint density at radius 1 is 1.58 bits per heavy atom. The molecule has 0 aromatic heterocycles. The number of nitrogens with two attached hydrogens (primary N) is 1. The fraction of sp³-hybridized carbons (Fsp3) is 0.125. The standard InChI is InChI=1S/C8H8N2OSe/c9-5-12-7-1-2-8(10)6(3-7)4-11/h1-3,11H,4,10H2. The molecule has 0 unspecified atom stereocenters. The number of rotatable bonds is 2. The van der Waals surface area contributed by atoms with E-state index in [1.54, 1.807) is 12.1 Å². The SMILES string of the molecule is N#C[Se]c1ccc(N)c(CO)c1. The molecule has 1 aromatic carbocycles. The third-order valence-electron chi connectivity index (χ3n) is 1.45. The van der Waals surface area contributed by atoms with Gasteiger partial charge in [0, 0.05) is 0 Å². The molecule has 4 heteroatoms. The summed E-state index contributed by atoms with van der Waals surface area (Å²) in [7, 11) is 0. The second kappa shape index (κ2) is 4.12. The van der Waals surface area contributed by atoms with Crippen molar-refractivity contribution in [2.75, 3.05) is 5.73 Å². The first-order chi connectivity index (χ1) is 5.77. The summed E-state index contributed by atoms with van der Waals surface area (Å²) in [6, 6.07) is 5.32. The van der Waals surface area contributed by atoms with Gasteiger partial charge in [0.2, 0.25) is 0 Å². The second-order valence-electron chi connectivity index (χ2n) is 2.21. The number of benzene rings is 1. The van der Waals surface area contributed by atoms with Gasteiger partial charge in [-0.2, -0.15) is 0 Å². The number of hydrogen-bond acceptors (Lipinski definition) is 3. The second-order valence-corrected chi connectivity index (χ2v) is 4.01. The van der Waals surface area contributed by atoms with Crippen LogP contribution in [0.25, 0.3) is 0 Å². The number of nitriles is 1. The molecule has 0 atom stereocenters. The Balaban J connectivity index is 2.98. The van der Waals surface area contributed by atoms with E-state index in [1.165, 1.54) is 0 Å². The predicted molar refractivity (Wildman–Crippen MR) is 47.8 cm³/mol. The first kappa shape index (κ1) is 9.08. The van der Waals surface area contributed by atoms with Crippen molar-refractivity contribution in [2.45, 2.75) is 6.61 Å². The zero-order chi connectivity index (χ0) is 8.97. The van der Waals surface area contributed by atoms with Crippen LogP contribution in [0.5, 0.6) is 0 Å². The van der Waals surface area contributed by atoms with Gasteiger partial charge in [-0.15, -0.1) is 0 Å². The molecule has 0 fully saturated rings. The number of hydrogen-bond donors (Lipinski definition) is 2. The van der Waals surface area contributed by atoms with Crippen LogP contribution in [0.3, 0.4) is 0 Å². The average molecular weight is 227 g/mol. The minimum absolute atomic E-state index is 0.0683. The van der Waals surface area contributed by atoms with Crippen LogP contribution >= 0.6 is 0 Å². The molecule has 0 amide bonds. The van der Waals surface area contributed by atoms with E-state index < -0.39 is 0 Å². The van der Waals surface area contributed by atoms with Crippen LogP contribution in [0.15, 0.2) is 18.2 Å². The molecule has 0 bridgehead atoms. The Morgan fingerprint density at radius 3 is 2.92 bits per heavy atom. The van der Waals surface area contributed by atoms with Crippen molar-refractivity contribution in [3.8, 4) is 4.97 Å². The Labute approximate surface area is 77.0 Å². The van der Waals surface area contributed by atoms with Gasteiger partial charge in [-0.25, -0.2) is 0 Å².